The molecule has 3 rings (SSSR count). The molecule has 1 aromatic heterocycles. The van der Waals surface area contributed by atoms with Crippen molar-refractivity contribution in [1.29, 1.82) is 5.26 Å². The van der Waals surface area contributed by atoms with Crippen LogP contribution in [0.4, 0.5) is 4.39 Å². The fraction of sp³-hybridized carbons (Fsp3) is 0.474. The second-order valence-electron chi connectivity index (χ2n) is 7.02. The number of aromatic nitrogens is 2. The van der Waals surface area contributed by atoms with Gasteiger partial charge in [-0.05, 0) is 51.7 Å². The molecule has 7 heteroatoms. The van der Waals surface area contributed by atoms with Crippen LogP contribution in [0.5, 0.6) is 0 Å². The van der Waals surface area contributed by atoms with Gasteiger partial charge in [-0.15, -0.1) is 0 Å². The van der Waals surface area contributed by atoms with Gasteiger partial charge in [0.2, 0.25) is 0 Å². The summed E-state index contributed by atoms with van der Waals surface area (Å²) in [7, 11) is 0. The quantitative estimate of drug-likeness (QED) is 0.660. The first-order valence-electron chi connectivity index (χ1n) is 8.99. The summed E-state index contributed by atoms with van der Waals surface area (Å²) >= 11 is 1.57. The van der Waals surface area contributed by atoms with Gasteiger partial charge in [0.05, 0.1) is 5.69 Å². The van der Waals surface area contributed by atoms with Crippen LogP contribution in [0.2, 0.25) is 0 Å². The van der Waals surface area contributed by atoms with Gasteiger partial charge in [-0.3, -0.25) is 5.10 Å². The van der Waals surface area contributed by atoms with E-state index in [1.54, 1.807) is 24.3 Å². The highest BCUT2D eigenvalue weighted by Gasteiger charge is 2.27. The third-order valence-corrected chi connectivity index (χ3v) is 5.70. The number of H-pyrrole nitrogens is 1. The maximum Gasteiger partial charge on any atom is 0.123 e. The lowest BCUT2D eigenvalue weighted by atomic mass is 9.83. The Bertz CT molecular complexity index is 774. The fourth-order valence-electron chi connectivity index (χ4n) is 3.34. The number of nitrogens with zero attached hydrogens (tertiary/aromatic N) is 2. The van der Waals surface area contributed by atoms with Gasteiger partial charge >= 0.3 is 0 Å². The Morgan fingerprint density at radius 1 is 1.31 bits per heavy atom. The van der Waals surface area contributed by atoms with Gasteiger partial charge in [-0.25, -0.2) is 13.8 Å². The summed E-state index contributed by atoms with van der Waals surface area (Å²) in [5.74, 6) is -0.0319. The Balaban J connectivity index is 1.67. The van der Waals surface area contributed by atoms with Crippen LogP contribution < -0.4 is 9.44 Å². The van der Waals surface area contributed by atoms with Gasteiger partial charge in [0.25, 0.3) is 0 Å². The average Bonchev–Trinajstić information content (AvgIpc) is 3.06. The van der Waals surface area contributed by atoms with Crippen molar-refractivity contribution in [2.75, 3.05) is 0 Å². The highest BCUT2D eigenvalue weighted by molar-refractivity contribution is 7.95. The topological polar surface area (TPSA) is 76.5 Å². The molecule has 1 aromatic carbocycles. The van der Waals surface area contributed by atoms with Crippen LogP contribution >= 0.6 is 12.1 Å². The van der Waals surface area contributed by atoms with E-state index in [9.17, 15) is 9.65 Å². The Kier molecular flexibility index (Phi) is 6.30. The third kappa shape index (κ3) is 4.44. The molecule has 0 spiro atoms. The molecular weight excluding hydrogens is 349 g/mol. The largest absolute Gasteiger partial charge is 0.280 e. The zero-order chi connectivity index (χ0) is 18.5. The van der Waals surface area contributed by atoms with Crippen molar-refractivity contribution in [3.63, 3.8) is 0 Å². The van der Waals surface area contributed by atoms with Gasteiger partial charge in [0.15, 0.2) is 0 Å². The maximum atomic E-state index is 13.5. The SMILES string of the molecule is CC(C)NSNC1CCC(c2[nH]nc(-c3cccc(F)c3)c2C#N)CC1. The minimum absolute atomic E-state index is 0.292. The van der Waals surface area contributed by atoms with Crippen molar-refractivity contribution in [2.24, 2.45) is 0 Å². The fourth-order valence-corrected chi connectivity index (χ4v) is 4.05. The van der Waals surface area contributed by atoms with Crippen LogP contribution in [0.25, 0.3) is 11.3 Å². The minimum atomic E-state index is -0.324. The number of nitriles is 1. The zero-order valence-corrected chi connectivity index (χ0v) is 15.9. The number of rotatable bonds is 6. The second kappa shape index (κ2) is 8.67. The third-order valence-electron chi connectivity index (χ3n) is 4.66. The second-order valence-corrected chi connectivity index (χ2v) is 7.70. The number of nitrogens with one attached hydrogen (secondary N) is 3. The van der Waals surface area contributed by atoms with E-state index in [2.05, 4.69) is 39.6 Å². The lowest BCUT2D eigenvalue weighted by molar-refractivity contribution is 0.376. The molecule has 138 valence electrons. The van der Waals surface area contributed by atoms with Gasteiger partial charge in [-0.2, -0.15) is 10.4 Å². The Morgan fingerprint density at radius 3 is 2.73 bits per heavy atom. The standard InChI is InChI=1S/C19H24FN5S/c1-12(2)24-26-25-16-8-6-13(7-9-16)18-17(11-21)19(23-22-18)14-4-3-5-15(20)10-14/h3-5,10,12-13,16,24-25H,6-9H2,1-2H3,(H,22,23). The first kappa shape index (κ1) is 18.9. The van der Waals surface area contributed by atoms with Crippen LogP contribution in [-0.2, 0) is 0 Å². The zero-order valence-electron chi connectivity index (χ0n) is 15.1. The molecular formula is C19H24FN5S. The molecule has 0 unspecified atom stereocenters. The summed E-state index contributed by atoms with van der Waals surface area (Å²) in [5.41, 5.74) is 2.61. The smallest absolute Gasteiger partial charge is 0.123 e. The predicted octanol–water partition coefficient (Wildman–Crippen LogP) is 4.26. The van der Waals surface area contributed by atoms with Crippen LogP contribution in [0, 0.1) is 17.1 Å². The monoisotopic (exact) mass is 373 g/mol. The predicted molar refractivity (Wildman–Crippen MR) is 103 cm³/mol. The van der Waals surface area contributed by atoms with Crippen molar-refractivity contribution < 1.29 is 4.39 Å². The van der Waals surface area contributed by atoms with E-state index in [0.717, 1.165) is 31.4 Å². The lowest BCUT2D eigenvalue weighted by Gasteiger charge is -2.28. The Morgan fingerprint density at radius 2 is 2.08 bits per heavy atom. The highest BCUT2D eigenvalue weighted by atomic mass is 32.2. The average molecular weight is 374 g/mol. The summed E-state index contributed by atoms with van der Waals surface area (Å²) in [5, 5.41) is 17.0. The molecule has 26 heavy (non-hydrogen) atoms. The molecule has 0 amide bonds. The number of hydrogen-bond acceptors (Lipinski definition) is 5. The molecule has 1 aliphatic rings. The Hall–Kier alpha value is -1.88. The molecule has 0 radical (unpaired) electrons. The molecule has 1 saturated carbocycles. The summed E-state index contributed by atoms with van der Waals surface area (Å²) < 4.78 is 20.3. The first-order valence-corrected chi connectivity index (χ1v) is 9.81. The molecule has 1 aliphatic carbocycles. The van der Waals surface area contributed by atoms with E-state index in [-0.39, 0.29) is 5.82 Å². The minimum Gasteiger partial charge on any atom is -0.280 e. The van der Waals surface area contributed by atoms with Crippen molar-refractivity contribution in [3.05, 3.63) is 41.3 Å². The summed E-state index contributed by atoms with van der Waals surface area (Å²) in [6.45, 7) is 4.23. The number of benzene rings is 1. The molecule has 0 aliphatic heterocycles. The van der Waals surface area contributed by atoms with Crippen molar-refractivity contribution >= 4 is 12.1 Å². The number of hydrogen-bond donors (Lipinski definition) is 3. The number of aromatic amines is 1. The summed E-state index contributed by atoms with van der Waals surface area (Å²) in [6, 6.07) is 9.41. The van der Waals surface area contributed by atoms with E-state index in [1.165, 1.54) is 12.1 Å². The van der Waals surface area contributed by atoms with Gasteiger partial charge in [-0.1, -0.05) is 12.1 Å². The first-order chi connectivity index (χ1) is 12.6. The van der Waals surface area contributed by atoms with Crippen molar-refractivity contribution in [1.82, 2.24) is 19.6 Å². The van der Waals surface area contributed by atoms with Crippen LogP contribution in [0.3, 0.4) is 0 Å². The molecule has 1 heterocycles. The molecule has 0 bridgehead atoms. The molecule has 3 N–H and O–H groups in total. The van der Waals surface area contributed by atoms with E-state index < -0.39 is 0 Å². The van der Waals surface area contributed by atoms with E-state index in [0.29, 0.717) is 34.8 Å². The molecule has 2 aromatic rings. The van der Waals surface area contributed by atoms with Crippen LogP contribution in [0.1, 0.15) is 56.7 Å². The molecule has 0 saturated heterocycles. The van der Waals surface area contributed by atoms with E-state index in [4.69, 9.17) is 0 Å². The normalized spacial score (nSPS) is 20.3. The van der Waals surface area contributed by atoms with Crippen LogP contribution in [0.15, 0.2) is 24.3 Å². The van der Waals surface area contributed by atoms with Crippen molar-refractivity contribution in [2.45, 2.75) is 57.5 Å². The maximum absolute atomic E-state index is 13.5. The van der Waals surface area contributed by atoms with E-state index >= 15 is 0 Å². The number of halogens is 1. The highest BCUT2D eigenvalue weighted by Crippen LogP contribution is 2.36. The Labute approximate surface area is 158 Å². The van der Waals surface area contributed by atoms with Gasteiger partial charge < -0.3 is 0 Å². The van der Waals surface area contributed by atoms with Crippen LogP contribution in [-0.4, -0.2) is 22.3 Å². The molecule has 5 nitrogen and oxygen atoms in total. The molecule has 1 fully saturated rings. The van der Waals surface area contributed by atoms with Crippen molar-refractivity contribution in [3.8, 4) is 17.3 Å². The molecule has 0 atom stereocenters. The van der Waals surface area contributed by atoms with E-state index in [1.807, 2.05) is 0 Å². The summed E-state index contributed by atoms with van der Waals surface area (Å²) in [4.78, 5) is 0. The lowest BCUT2D eigenvalue weighted by Crippen LogP contribution is -2.32. The van der Waals surface area contributed by atoms with Gasteiger partial charge in [0, 0.05) is 35.7 Å². The summed E-state index contributed by atoms with van der Waals surface area (Å²) in [6.07, 6.45) is 4.10. The van der Waals surface area contributed by atoms with Gasteiger partial charge in [0.1, 0.15) is 23.1 Å².